The van der Waals surface area contributed by atoms with Gasteiger partial charge in [0.1, 0.15) is 11.5 Å². The normalized spacial score (nSPS) is 11.7. The second-order valence-corrected chi connectivity index (χ2v) is 7.06. The minimum absolute atomic E-state index is 0.199. The molecule has 0 spiro atoms. The van der Waals surface area contributed by atoms with Gasteiger partial charge in [-0.3, -0.25) is 9.78 Å². The van der Waals surface area contributed by atoms with Gasteiger partial charge in [-0.25, -0.2) is 4.98 Å². The van der Waals surface area contributed by atoms with Crippen LogP contribution >= 0.6 is 0 Å². The van der Waals surface area contributed by atoms with Crippen LogP contribution in [0.4, 0.5) is 0 Å². The van der Waals surface area contributed by atoms with Gasteiger partial charge < -0.3 is 14.8 Å². The number of carbonyl (C=O) groups is 1. The molecule has 1 aromatic heterocycles. The number of rotatable bonds is 7. The van der Waals surface area contributed by atoms with Gasteiger partial charge >= 0.3 is 0 Å². The predicted molar refractivity (Wildman–Crippen MR) is 120 cm³/mol. The van der Waals surface area contributed by atoms with E-state index in [1.54, 1.807) is 20.2 Å². The van der Waals surface area contributed by atoms with Crippen LogP contribution in [0.1, 0.15) is 12.5 Å². The number of para-hydroxylation sites is 3. The van der Waals surface area contributed by atoms with Crippen LogP contribution in [0, 0.1) is 0 Å². The second-order valence-electron chi connectivity index (χ2n) is 7.06. The maximum atomic E-state index is 12.4. The fourth-order valence-corrected chi connectivity index (χ4v) is 3.23. The lowest BCUT2D eigenvalue weighted by molar-refractivity contribution is -0.127. The van der Waals surface area contributed by atoms with E-state index in [2.05, 4.69) is 15.3 Å². The van der Waals surface area contributed by atoms with Crippen molar-refractivity contribution in [2.75, 3.05) is 7.11 Å². The molecule has 4 rings (SSSR count). The fourth-order valence-electron chi connectivity index (χ4n) is 3.23. The largest absolute Gasteiger partial charge is 0.496 e. The van der Waals surface area contributed by atoms with E-state index in [1.165, 1.54) is 0 Å². The SMILES string of the molecule is COc1ccccc1CNC(=O)C(C)Oc1ccc(-c2cnc3ccccc3n2)cc1. The molecule has 6 nitrogen and oxygen atoms in total. The van der Waals surface area contributed by atoms with Crippen molar-refractivity contribution in [1.29, 1.82) is 0 Å². The molecule has 0 aliphatic heterocycles. The summed E-state index contributed by atoms with van der Waals surface area (Å²) in [5.41, 5.74) is 4.33. The van der Waals surface area contributed by atoms with Gasteiger partial charge in [0.25, 0.3) is 5.91 Å². The zero-order valence-corrected chi connectivity index (χ0v) is 17.4. The number of ether oxygens (including phenoxy) is 2. The maximum Gasteiger partial charge on any atom is 0.261 e. The van der Waals surface area contributed by atoms with Crippen molar-refractivity contribution in [2.45, 2.75) is 19.6 Å². The molecule has 1 atom stereocenters. The van der Waals surface area contributed by atoms with E-state index in [-0.39, 0.29) is 5.91 Å². The molecule has 31 heavy (non-hydrogen) atoms. The molecule has 4 aromatic rings. The monoisotopic (exact) mass is 413 g/mol. The number of nitrogens with one attached hydrogen (secondary N) is 1. The van der Waals surface area contributed by atoms with Gasteiger partial charge in [-0.2, -0.15) is 0 Å². The highest BCUT2D eigenvalue weighted by Crippen LogP contribution is 2.23. The van der Waals surface area contributed by atoms with Crippen LogP contribution in [-0.2, 0) is 11.3 Å². The molecule has 156 valence electrons. The Hall–Kier alpha value is -3.93. The van der Waals surface area contributed by atoms with Crippen molar-refractivity contribution in [3.05, 3.63) is 84.6 Å². The zero-order chi connectivity index (χ0) is 21.6. The first-order chi connectivity index (χ1) is 15.1. The van der Waals surface area contributed by atoms with E-state index >= 15 is 0 Å². The average Bonchev–Trinajstić information content (AvgIpc) is 2.82. The van der Waals surface area contributed by atoms with E-state index < -0.39 is 6.10 Å². The van der Waals surface area contributed by atoms with Gasteiger partial charge in [-0.05, 0) is 49.4 Å². The Balaban J connectivity index is 1.38. The Labute approximate surface area is 180 Å². The average molecular weight is 413 g/mol. The molecule has 0 saturated heterocycles. The van der Waals surface area contributed by atoms with Crippen LogP contribution < -0.4 is 14.8 Å². The van der Waals surface area contributed by atoms with Crippen LogP contribution in [-0.4, -0.2) is 29.1 Å². The van der Waals surface area contributed by atoms with E-state index in [1.807, 2.05) is 72.8 Å². The summed E-state index contributed by atoms with van der Waals surface area (Å²) in [7, 11) is 1.61. The Morgan fingerprint density at radius 2 is 1.68 bits per heavy atom. The minimum Gasteiger partial charge on any atom is -0.496 e. The summed E-state index contributed by atoms with van der Waals surface area (Å²) in [6.07, 6.45) is 1.12. The summed E-state index contributed by atoms with van der Waals surface area (Å²) >= 11 is 0. The maximum absolute atomic E-state index is 12.4. The first-order valence-corrected chi connectivity index (χ1v) is 10.0. The third-order valence-corrected chi connectivity index (χ3v) is 4.93. The standard InChI is InChI=1S/C25H23N3O3/c1-17(25(29)27-15-19-7-3-6-10-24(19)30-2)31-20-13-11-18(12-14-20)23-16-26-21-8-4-5-9-22(21)28-23/h3-14,16-17H,15H2,1-2H3,(H,27,29). The van der Waals surface area contributed by atoms with Crippen LogP contribution in [0.5, 0.6) is 11.5 Å². The van der Waals surface area contributed by atoms with Crippen molar-refractivity contribution in [2.24, 2.45) is 0 Å². The summed E-state index contributed by atoms with van der Waals surface area (Å²) in [5, 5.41) is 2.89. The van der Waals surface area contributed by atoms with Gasteiger partial charge in [0, 0.05) is 17.7 Å². The Morgan fingerprint density at radius 3 is 2.45 bits per heavy atom. The van der Waals surface area contributed by atoms with Crippen LogP contribution in [0.3, 0.4) is 0 Å². The number of amides is 1. The summed E-state index contributed by atoms with van der Waals surface area (Å²) in [6, 6.07) is 22.8. The fraction of sp³-hybridized carbons (Fsp3) is 0.160. The predicted octanol–water partition coefficient (Wildman–Crippen LogP) is 4.39. The molecule has 3 aromatic carbocycles. The number of hydrogen-bond acceptors (Lipinski definition) is 5. The lowest BCUT2D eigenvalue weighted by Gasteiger charge is -2.16. The highest BCUT2D eigenvalue weighted by molar-refractivity contribution is 5.81. The number of methoxy groups -OCH3 is 1. The van der Waals surface area contributed by atoms with Gasteiger partial charge in [-0.15, -0.1) is 0 Å². The van der Waals surface area contributed by atoms with Crippen molar-refractivity contribution in [3.63, 3.8) is 0 Å². The van der Waals surface area contributed by atoms with E-state index in [4.69, 9.17) is 9.47 Å². The molecule has 0 aliphatic carbocycles. The molecule has 0 saturated carbocycles. The molecule has 1 unspecified atom stereocenters. The molecule has 6 heteroatoms. The number of nitrogens with zero attached hydrogens (tertiary/aromatic N) is 2. The number of carbonyl (C=O) groups excluding carboxylic acids is 1. The van der Waals surface area contributed by atoms with Crippen LogP contribution in [0.2, 0.25) is 0 Å². The molecule has 1 heterocycles. The number of aromatic nitrogens is 2. The molecular weight excluding hydrogens is 390 g/mol. The van der Waals surface area contributed by atoms with Gasteiger partial charge in [0.15, 0.2) is 6.10 Å². The Kier molecular flexibility index (Phi) is 6.08. The molecule has 0 aliphatic rings. The lowest BCUT2D eigenvalue weighted by atomic mass is 10.1. The summed E-state index contributed by atoms with van der Waals surface area (Å²) in [5.74, 6) is 1.15. The van der Waals surface area contributed by atoms with Gasteiger partial charge in [0.2, 0.25) is 0 Å². The number of benzene rings is 3. The Bertz CT molecular complexity index is 1190. The lowest BCUT2D eigenvalue weighted by Crippen LogP contribution is -2.35. The topological polar surface area (TPSA) is 73.3 Å². The number of hydrogen-bond donors (Lipinski definition) is 1. The zero-order valence-electron chi connectivity index (χ0n) is 17.4. The van der Waals surface area contributed by atoms with Crippen molar-refractivity contribution < 1.29 is 14.3 Å². The minimum atomic E-state index is -0.638. The molecule has 1 N–H and O–H groups in total. The first-order valence-electron chi connectivity index (χ1n) is 10.0. The third-order valence-electron chi connectivity index (χ3n) is 4.93. The van der Waals surface area contributed by atoms with Crippen LogP contribution in [0.15, 0.2) is 79.0 Å². The Morgan fingerprint density at radius 1 is 0.968 bits per heavy atom. The quantitative estimate of drug-likeness (QED) is 0.486. The first kappa shape index (κ1) is 20.3. The summed E-state index contributed by atoms with van der Waals surface area (Å²) < 4.78 is 11.1. The van der Waals surface area contributed by atoms with Crippen molar-refractivity contribution in [3.8, 4) is 22.8 Å². The van der Waals surface area contributed by atoms with E-state index in [0.29, 0.717) is 12.3 Å². The van der Waals surface area contributed by atoms with Crippen molar-refractivity contribution in [1.82, 2.24) is 15.3 Å². The second kappa shape index (κ2) is 9.26. The van der Waals surface area contributed by atoms with Crippen molar-refractivity contribution >= 4 is 16.9 Å². The van der Waals surface area contributed by atoms with Gasteiger partial charge in [0.05, 0.1) is 30.0 Å². The third kappa shape index (κ3) is 4.80. The summed E-state index contributed by atoms with van der Waals surface area (Å²) in [6.45, 7) is 2.09. The molecule has 0 fully saturated rings. The molecule has 0 radical (unpaired) electrons. The van der Waals surface area contributed by atoms with Gasteiger partial charge in [-0.1, -0.05) is 30.3 Å². The van der Waals surface area contributed by atoms with E-state index in [0.717, 1.165) is 33.6 Å². The highest BCUT2D eigenvalue weighted by atomic mass is 16.5. The molecule has 0 bridgehead atoms. The smallest absolute Gasteiger partial charge is 0.261 e. The van der Waals surface area contributed by atoms with Crippen LogP contribution in [0.25, 0.3) is 22.3 Å². The molecule has 1 amide bonds. The van der Waals surface area contributed by atoms with E-state index in [9.17, 15) is 4.79 Å². The molecular formula is C25H23N3O3. The highest BCUT2D eigenvalue weighted by Gasteiger charge is 2.15. The summed E-state index contributed by atoms with van der Waals surface area (Å²) in [4.78, 5) is 21.5. The number of fused-ring (bicyclic) bond motifs is 1.